The maximum Gasteiger partial charge on any atom is 0.225 e. The first-order chi connectivity index (χ1) is 10.8. The number of nitrogens with zero attached hydrogens (tertiary/aromatic N) is 1. The first-order valence-corrected chi connectivity index (χ1v) is 9.45. The van der Waals surface area contributed by atoms with Crippen LogP contribution in [0.25, 0.3) is 0 Å². The zero-order valence-electron chi connectivity index (χ0n) is 13.5. The number of rotatable bonds is 5. The molecule has 0 bridgehead atoms. The highest BCUT2D eigenvalue weighted by atomic mass is 32.2. The van der Waals surface area contributed by atoms with Gasteiger partial charge in [-0.1, -0.05) is 26.0 Å². The summed E-state index contributed by atoms with van der Waals surface area (Å²) in [6.45, 7) is 4.86. The second-order valence-corrected chi connectivity index (χ2v) is 8.01. The molecule has 0 unspecified atom stereocenters. The first kappa shape index (κ1) is 17.9. The number of piperidine rings is 1. The molecule has 2 rings (SSSR count). The van der Waals surface area contributed by atoms with Gasteiger partial charge in [0.05, 0.1) is 5.75 Å². The number of sulfonamides is 1. The van der Waals surface area contributed by atoms with E-state index in [1.165, 1.54) is 24.3 Å². The smallest absolute Gasteiger partial charge is 0.225 e. The summed E-state index contributed by atoms with van der Waals surface area (Å²) in [4.78, 5) is 13.7. The summed E-state index contributed by atoms with van der Waals surface area (Å²) in [5.41, 5.74) is 0.548. The van der Waals surface area contributed by atoms with Gasteiger partial charge in [0.15, 0.2) is 0 Å². The lowest BCUT2D eigenvalue weighted by molar-refractivity contribution is -0.135. The fourth-order valence-electron chi connectivity index (χ4n) is 2.68. The largest absolute Gasteiger partial charge is 0.342 e. The number of likely N-dealkylation sites (tertiary alicyclic amines) is 1. The molecule has 23 heavy (non-hydrogen) atoms. The van der Waals surface area contributed by atoms with E-state index in [0.717, 1.165) is 0 Å². The molecule has 0 radical (unpaired) electrons. The Hall–Kier alpha value is -1.47. The van der Waals surface area contributed by atoms with Crippen molar-refractivity contribution in [2.75, 3.05) is 13.1 Å². The average molecular weight is 342 g/mol. The summed E-state index contributed by atoms with van der Waals surface area (Å²) in [6, 6.07) is 5.29. The van der Waals surface area contributed by atoms with Gasteiger partial charge in [0, 0.05) is 25.0 Å². The van der Waals surface area contributed by atoms with Crippen molar-refractivity contribution in [3.05, 3.63) is 35.6 Å². The van der Waals surface area contributed by atoms with E-state index < -0.39 is 10.0 Å². The van der Waals surface area contributed by atoms with E-state index in [4.69, 9.17) is 0 Å². The molecule has 1 amide bonds. The molecule has 7 heteroatoms. The van der Waals surface area contributed by atoms with Gasteiger partial charge in [-0.2, -0.15) is 0 Å². The Labute approximate surface area is 136 Å². The van der Waals surface area contributed by atoms with Crippen LogP contribution >= 0.6 is 0 Å². The standard InChI is InChI=1S/C16H23FN2O3S/c1-12(2)16(20)19-9-7-15(8-10-19)18-23(21,22)11-13-3-5-14(17)6-4-13/h3-6,12,15,18H,7-11H2,1-2H3. The third-order valence-corrected chi connectivity index (χ3v) is 5.32. The second kappa shape index (κ2) is 7.40. The fraction of sp³-hybridized carbons (Fsp3) is 0.562. The minimum absolute atomic E-state index is 0.0401. The molecule has 0 aliphatic carbocycles. The summed E-state index contributed by atoms with van der Waals surface area (Å²) in [5, 5.41) is 0. The third kappa shape index (κ3) is 5.28. The van der Waals surface area contributed by atoms with Crippen LogP contribution in [0.5, 0.6) is 0 Å². The number of carbonyl (C=O) groups excluding carboxylic acids is 1. The molecule has 1 saturated heterocycles. The molecule has 1 N–H and O–H groups in total. The van der Waals surface area contributed by atoms with Gasteiger partial charge < -0.3 is 4.90 Å². The third-order valence-electron chi connectivity index (χ3n) is 3.92. The van der Waals surface area contributed by atoms with E-state index in [9.17, 15) is 17.6 Å². The Morgan fingerprint density at radius 1 is 1.26 bits per heavy atom. The minimum Gasteiger partial charge on any atom is -0.342 e. The second-order valence-electron chi connectivity index (χ2n) is 6.26. The van der Waals surface area contributed by atoms with Crippen LogP contribution in [0.4, 0.5) is 4.39 Å². The van der Waals surface area contributed by atoms with Gasteiger partial charge in [-0.15, -0.1) is 0 Å². The summed E-state index contributed by atoms with van der Waals surface area (Å²) in [7, 11) is -3.48. The first-order valence-electron chi connectivity index (χ1n) is 7.80. The molecule has 1 heterocycles. The quantitative estimate of drug-likeness (QED) is 0.889. The molecule has 5 nitrogen and oxygen atoms in total. The van der Waals surface area contributed by atoms with Gasteiger partial charge in [-0.3, -0.25) is 4.79 Å². The Balaban J connectivity index is 1.87. The van der Waals surface area contributed by atoms with Crippen molar-refractivity contribution in [1.29, 1.82) is 0 Å². The van der Waals surface area contributed by atoms with Gasteiger partial charge >= 0.3 is 0 Å². The lowest BCUT2D eigenvalue weighted by Gasteiger charge is -2.33. The van der Waals surface area contributed by atoms with Crippen LogP contribution in [-0.2, 0) is 20.6 Å². The van der Waals surface area contributed by atoms with Crippen LogP contribution < -0.4 is 4.72 Å². The molecule has 1 fully saturated rings. The van der Waals surface area contributed by atoms with Gasteiger partial charge in [-0.05, 0) is 30.5 Å². The van der Waals surface area contributed by atoms with E-state index >= 15 is 0 Å². The summed E-state index contributed by atoms with van der Waals surface area (Å²) in [6.07, 6.45) is 1.22. The summed E-state index contributed by atoms with van der Waals surface area (Å²) >= 11 is 0. The van der Waals surface area contributed by atoms with E-state index in [-0.39, 0.29) is 29.4 Å². The Kier molecular flexibility index (Phi) is 5.75. The maximum absolute atomic E-state index is 12.9. The zero-order chi connectivity index (χ0) is 17.0. The molecule has 1 aromatic rings. The van der Waals surface area contributed by atoms with Crippen molar-refractivity contribution in [3.63, 3.8) is 0 Å². The number of halogens is 1. The zero-order valence-corrected chi connectivity index (χ0v) is 14.3. The minimum atomic E-state index is -3.48. The fourth-order valence-corrected chi connectivity index (χ4v) is 4.14. The number of benzene rings is 1. The highest BCUT2D eigenvalue weighted by Crippen LogP contribution is 2.15. The van der Waals surface area contributed by atoms with Crippen LogP contribution in [0.15, 0.2) is 24.3 Å². The maximum atomic E-state index is 12.9. The van der Waals surface area contributed by atoms with Crippen molar-refractivity contribution >= 4 is 15.9 Å². The Morgan fingerprint density at radius 3 is 2.35 bits per heavy atom. The molecule has 0 spiro atoms. The van der Waals surface area contributed by atoms with Crippen molar-refractivity contribution in [2.45, 2.75) is 38.5 Å². The van der Waals surface area contributed by atoms with Crippen LogP contribution in [0.2, 0.25) is 0 Å². The number of nitrogens with one attached hydrogen (secondary N) is 1. The van der Waals surface area contributed by atoms with Crippen molar-refractivity contribution in [2.24, 2.45) is 5.92 Å². The van der Waals surface area contributed by atoms with Crippen LogP contribution in [0, 0.1) is 11.7 Å². The average Bonchev–Trinajstić information content (AvgIpc) is 2.49. The highest BCUT2D eigenvalue weighted by molar-refractivity contribution is 7.88. The van der Waals surface area contributed by atoms with E-state index in [0.29, 0.717) is 31.5 Å². The molecule has 0 atom stereocenters. The molecule has 0 saturated carbocycles. The Bertz CT molecular complexity index is 636. The van der Waals surface area contributed by atoms with Gasteiger partial charge in [0.1, 0.15) is 5.82 Å². The lowest BCUT2D eigenvalue weighted by Crippen LogP contribution is -2.47. The predicted octanol–water partition coefficient (Wildman–Crippen LogP) is 1.89. The Morgan fingerprint density at radius 2 is 1.83 bits per heavy atom. The van der Waals surface area contributed by atoms with E-state index in [2.05, 4.69) is 4.72 Å². The van der Waals surface area contributed by atoms with Crippen LogP contribution in [0.1, 0.15) is 32.3 Å². The molecular formula is C16H23FN2O3S. The van der Waals surface area contributed by atoms with Crippen LogP contribution in [0.3, 0.4) is 0 Å². The number of hydrogen-bond donors (Lipinski definition) is 1. The molecular weight excluding hydrogens is 319 g/mol. The molecule has 128 valence electrons. The molecule has 0 aromatic heterocycles. The number of amides is 1. The normalized spacial score (nSPS) is 16.8. The van der Waals surface area contributed by atoms with Gasteiger partial charge in [0.25, 0.3) is 0 Å². The monoisotopic (exact) mass is 342 g/mol. The van der Waals surface area contributed by atoms with Crippen molar-refractivity contribution in [1.82, 2.24) is 9.62 Å². The molecule has 1 aromatic carbocycles. The lowest BCUT2D eigenvalue weighted by atomic mass is 10.0. The van der Waals surface area contributed by atoms with E-state index in [1.807, 2.05) is 13.8 Å². The molecule has 1 aliphatic rings. The van der Waals surface area contributed by atoms with E-state index in [1.54, 1.807) is 4.90 Å². The number of hydrogen-bond acceptors (Lipinski definition) is 3. The van der Waals surface area contributed by atoms with Crippen LogP contribution in [-0.4, -0.2) is 38.4 Å². The van der Waals surface area contributed by atoms with Crippen molar-refractivity contribution in [3.8, 4) is 0 Å². The SMILES string of the molecule is CC(C)C(=O)N1CCC(NS(=O)(=O)Cc2ccc(F)cc2)CC1. The number of carbonyl (C=O) groups is 1. The summed E-state index contributed by atoms with van der Waals surface area (Å²) < 4.78 is 39.9. The summed E-state index contributed by atoms with van der Waals surface area (Å²) in [5.74, 6) is -0.487. The predicted molar refractivity (Wildman–Crippen MR) is 86.6 cm³/mol. The van der Waals surface area contributed by atoms with Crippen molar-refractivity contribution < 1.29 is 17.6 Å². The highest BCUT2D eigenvalue weighted by Gasteiger charge is 2.26. The van der Waals surface area contributed by atoms with Gasteiger partial charge in [-0.25, -0.2) is 17.5 Å². The topological polar surface area (TPSA) is 66.5 Å². The molecule has 1 aliphatic heterocycles. The van der Waals surface area contributed by atoms with Gasteiger partial charge in [0.2, 0.25) is 15.9 Å².